The molecule has 2 aromatic carbocycles. The molecule has 1 N–H and O–H groups in total. The molecule has 6 rings (SSSR count). The number of hydrogen-bond acceptors (Lipinski definition) is 6. The number of oxime groups is 1. The molecule has 38 heavy (non-hydrogen) atoms. The number of aromatic carboxylic acids is 1. The van der Waals surface area contributed by atoms with E-state index in [-0.39, 0.29) is 17.7 Å². The highest BCUT2D eigenvalue weighted by Crippen LogP contribution is 2.41. The smallest absolute Gasteiger partial charge is 0.354 e. The molecule has 0 amide bonds. The van der Waals surface area contributed by atoms with Crippen LogP contribution in [0.2, 0.25) is 10.0 Å². The highest BCUT2D eigenvalue weighted by molar-refractivity contribution is 6.40. The van der Waals surface area contributed by atoms with E-state index >= 15 is 0 Å². The molecule has 2 aromatic heterocycles. The van der Waals surface area contributed by atoms with Crippen molar-refractivity contribution in [1.82, 2.24) is 9.97 Å². The molecule has 0 spiro atoms. The first-order valence-electron chi connectivity index (χ1n) is 12.4. The van der Waals surface area contributed by atoms with Crippen molar-refractivity contribution in [2.45, 2.75) is 25.4 Å². The number of aromatic nitrogens is 2. The van der Waals surface area contributed by atoms with Crippen molar-refractivity contribution < 1.29 is 19.5 Å². The van der Waals surface area contributed by atoms with Gasteiger partial charge in [-0.25, -0.2) is 9.78 Å². The molecule has 3 heterocycles. The van der Waals surface area contributed by atoms with Crippen LogP contribution in [-0.4, -0.2) is 39.5 Å². The predicted molar refractivity (Wildman–Crippen MR) is 146 cm³/mol. The molecule has 4 aromatic rings. The standard InChI is InChI=1S/C29H23Cl2N3O4/c30-23-13-32-14-24(31)26(23)27-22(28(38-34-27)17-2-1-3-17)15-37-21-8-6-16(7-9-21)18-4-5-19-11-25(29(35)36)33-12-20(19)10-18/h4-14,17,22,28H,1-3,15H2,(H,35,36). The van der Waals surface area contributed by atoms with Crippen LogP contribution in [-0.2, 0) is 4.84 Å². The number of rotatable bonds is 7. The summed E-state index contributed by atoms with van der Waals surface area (Å²) in [4.78, 5) is 25.2. The molecule has 0 bridgehead atoms. The summed E-state index contributed by atoms with van der Waals surface area (Å²) in [5.74, 6) is 0.00887. The molecular formula is C29H23Cl2N3O4. The third-order valence-electron chi connectivity index (χ3n) is 7.30. The maximum absolute atomic E-state index is 11.2. The van der Waals surface area contributed by atoms with Crippen molar-refractivity contribution in [2.75, 3.05) is 6.61 Å². The van der Waals surface area contributed by atoms with E-state index in [0.717, 1.165) is 40.5 Å². The summed E-state index contributed by atoms with van der Waals surface area (Å²) in [6.07, 6.45) is 8.04. The van der Waals surface area contributed by atoms with E-state index in [1.165, 1.54) is 6.42 Å². The number of hydrogen-bond donors (Lipinski definition) is 1. The Hall–Kier alpha value is -3.68. The van der Waals surface area contributed by atoms with E-state index in [1.807, 2.05) is 42.5 Å². The van der Waals surface area contributed by atoms with E-state index in [1.54, 1.807) is 24.7 Å². The van der Waals surface area contributed by atoms with Crippen LogP contribution in [0.15, 0.2) is 72.3 Å². The summed E-state index contributed by atoms with van der Waals surface area (Å²) < 4.78 is 6.24. The minimum atomic E-state index is -1.04. The van der Waals surface area contributed by atoms with Crippen LogP contribution in [0.4, 0.5) is 0 Å². The third kappa shape index (κ3) is 4.68. The van der Waals surface area contributed by atoms with Gasteiger partial charge >= 0.3 is 5.97 Å². The van der Waals surface area contributed by atoms with Crippen LogP contribution in [0, 0.1) is 11.8 Å². The molecule has 7 nitrogen and oxygen atoms in total. The van der Waals surface area contributed by atoms with Crippen LogP contribution < -0.4 is 4.74 Å². The molecule has 0 radical (unpaired) electrons. The molecule has 0 saturated heterocycles. The highest BCUT2D eigenvalue weighted by atomic mass is 35.5. The number of carboxylic acids is 1. The number of pyridine rings is 2. The van der Waals surface area contributed by atoms with Gasteiger partial charge in [0.1, 0.15) is 29.9 Å². The monoisotopic (exact) mass is 547 g/mol. The summed E-state index contributed by atoms with van der Waals surface area (Å²) in [7, 11) is 0. The largest absolute Gasteiger partial charge is 0.493 e. The van der Waals surface area contributed by atoms with Crippen LogP contribution >= 0.6 is 23.2 Å². The second kappa shape index (κ2) is 10.2. The summed E-state index contributed by atoms with van der Waals surface area (Å²) in [6.45, 7) is 0.377. The van der Waals surface area contributed by atoms with Crippen molar-refractivity contribution in [3.63, 3.8) is 0 Å². The van der Waals surface area contributed by atoms with Gasteiger partial charge in [0.05, 0.1) is 16.0 Å². The molecule has 192 valence electrons. The molecule has 1 saturated carbocycles. The quantitative estimate of drug-likeness (QED) is 0.270. The van der Waals surface area contributed by atoms with Gasteiger partial charge in [-0.15, -0.1) is 0 Å². The lowest BCUT2D eigenvalue weighted by atomic mass is 9.75. The van der Waals surface area contributed by atoms with Crippen molar-refractivity contribution >= 4 is 45.7 Å². The maximum atomic E-state index is 11.2. The SMILES string of the molecule is O=C(O)c1cc2ccc(-c3ccc(OCC4C(c5c(Cl)cncc5Cl)=NOC4C4CCC4)cc3)cc2cn1. The fourth-order valence-electron chi connectivity index (χ4n) is 5.03. The van der Waals surface area contributed by atoms with Gasteiger partial charge in [0.25, 0.3) is 0 Å². The normalized spacial score (nSPS) is 19.1. The highest BCUT2D eigenvalue weighted by Gasteiger charge is 2.43. The first-order valence-corrected chi connectivity index (χ1v) is 13.1. The molecule has 2 unspecified atom stereocenters. The van der Waals surface area contributed by atoms with Crippen molar-refractivity contribution in [2.24, 2.45) is 17.0 Å². The average Bonchev–Trinajstić information content (AvgIpc) is 3.28. The van der Waals surface area contributed by atoms with E-state index in [4.69, 9.17) is 37.9 Å². The zero-order valence-corrected chi connectivity index (χ0v) is 21.7. The fraction of sp³-hybridized carbons (Fsp3) is 0.241. The number of benzene rings is 2. The second-order valence-electron chi connectivity index (χ2n) is 9.59. The maximum Gasteiger partial charge on any atom is 0.354 e. The number of carbonyl (C=O) groups is 1. The average molecular weight is 548 g/mol. The Morgan fingerprint density at radius 2 is 1.71 bits per heavy atom. The van der Waals surface area contributed by atoms with Gasteiger partial charge in [-0.3, -0.25) is 4.98 Å². The first kappa shape index (κ1) is 24.6. The van der Waals surface area contributed by atoms with Crippen LogP contribution in [0.3, 0.4) is 0 Å². The van der Waals surface area contributed by atoms with Gasteiger partial charge in [0.15, 0.2) is 0 Å². The zero-order chi connectivity index (χ0) is 26.2. The Morgan fingerprint density at radius 1 is 0.974 bits per heavy atom. The van der Waals surface area contributed by atoms with Crippen LogP contribution in [0.25, 0.3) is 21.9 Å². The summed E-state index contributed by atoms with van der Waals surface area (Å²) in [6, 6.07) is 15.3. The number of carboxylic acid groups (broad SMARTS) is 1. The number of halogens is 2. The van der Waals surface area contributed by atoms with Gasteiger partial charge in [-0.2, -0.15) is 0 Å². The Balaban J connectivity index is 1.20. The van der Waals surface area contributed by atoms with E-state index < -0.39 is 5.97 Å². The van der Waals surface area contributed by atoms with Crippen LogP contribution in [0.1, 0.15) is 35.3 Å². The topological polar surface area (TPSA) is 93.9 Å². The number of fused-ring (bicyclic) bond motifs is 1. The summed E-state index contributed by atoms with van der Waals surface area (Å²) in [5.41, 5.74) is 3.39. The Kier molecular flexibility index (Phi) is 6.64. The van der Waals surface area contributed by atoms with Crippen molar-refractivity contribution in [1.29, 1.82) is 0 Å². The summed E-state index contributed by atoms with van der Waals surface area (Å²) >= 11 is 12.9. The Labute approximate surface area is 229 Å². The van der Waals surface area contributed by atoms with Gasteiger partial charge < -0.3 is 14.7 Å². The predicted octanol–water partition coefficient (Wildman–Crippen LogP) is 6.90. The first-order chi connectivity index (χ1) is 18.5. The summed E-state index contributed by atoms with van der Waals surface area (Å²) in [5, 5.41) is 16.1. The van der Waals surface area contributed by atoms with Gasteiger partial charge in [0, 0.05) is 29.5 Å². The van der Waals surface area contributed by atoms with Gasteiger partial charge in [-0.05, 0) is 59.5 Å². The molecule has 1 aliphatic carbocycles. The fourth-order valence-corrected chi connectivity index (χ4v) is 5.58. The molecule has 2 aliphatic rings. The lowest BCUT2D eigenvalue weighted by Crippen LogP contribution is -2.38. The van der Waals surface area contributed by atoms with E-state index in [0.29, 0.717) is 33.8 Å². The Bertz CT molecular complexity index is 1530. The van der Waals surface area contributed by atoms with Crippen molar-refractivity contribution in [3.8, 4) is 16.9 Å². The minimum Gasteiger partial charge on any atom is -0.493 e. The minimum absolute atomic E-state index is 0.0284. The van der Waals surface area contributed by atoms with E-state index in [2.05, 4.69) is 15.1 Å². The van der Waals surface area contributed by atoms with Crippen molar-refractivity contribution in [3.05, 3.63) is 88.4 Å². The molecule has 2 atom stereocenters. The Morgan fingerprint density at radius 3 is 2.39 bits per heavy atom. The third-order valence-corrected chi connectivity index (χ3v) is 7.88. The lowest BCUT2D eigenvalue weighted by Gasteiger charge is -2.33. The molecular weight excluding hydrogens is 525 g/mol. The number of nitrogens with zero attached hydrogens (tertiary/aromatic N) is 3. The molecule has 1 aliphatic heterocycles. The van der Waals surface area contributed by atoms with Gasteiger partial charge in [-0.1, -0.05) is 59.0 Å². The van der Waals surface area contributed by atoms with Crippen LogP contribution in [0.5, 0.6) is 5.75 Å². The number of ether oxygens (including phenoxy) is 1. The molecule has 1 fully saturated rings. The molecule has 9 heteroatoms. The van der Waals surface area contributed by atoms with E-state index in [9.17, 15) is 4.79 Å². The lowest BCUT2D eigenvalue weighted by molar-refractivity contribution is -0.0186. The van der Waals surface area contributed by atoms with Gasteiger partial charge in [0.2, 0.25) is 0 Å². The second-order valence-corrected chi connectivity index (χ2v) is 10.4. The zero-order valence-electron chi connectivity index (χ0n) is 20.2.